The molecule has 2 amide bonds. The molecule has 0 unspecified atom stereocenters. The molecule has 1 saturated heterocycles. The fourth-order valence-corrected chi connectivity index (χ4v) is 1.27. The second kappa shape index (κ2) is 4.74. The predicted molar refractivity (Wildman–Crippen MR) is 47.8 cm³/mol. The molecule has 0 aromatic rings. The Balaban J connectivity index is 2.47. The molecule has 1 fully saturated rings. The van der Waals surface area contributed by atoms with Gasteiger partial charge in [-0.1, -0.05) is 0 Å². The van der Waals surface area contributed by atoms with Crippen LogP contribution in [0.1, 0.15) is 12.8 Å². The highest BCUT2D eigenvalue weighted by Gasteiger charge is 2.29. The zero-order chi connectivity index (χ0) is 11.4. The number of carbonyl (C=O) groups excluding carboxylic acids is 2. The molecule has 84 valence electrons. The molecule has 1 rings (SSSR count). The summed E-state index contributed by atoms with van der Waals surface area (Å²) < 4.78 is 0. The maximum atomic E-state index is 11.4. The lowest BCUT2D eigenvalue weighted by Gasteiger charge is -2.15. The van der Waals surface area contributed by atoms with Crippen molar-refractivity contribution in [1.29, 1.82) is 0 Å². The van der Waals surface area contributed by atoms with Gasteiger partial charge in [-0.15, -0.1) is 0 Å². The second-order valence-corrected chi connectivity index (χ2v) is 3.24. The Morgan fingerprint density at radius 1 is 1.60 bits per heavy atom. The van der Waals surface area contributed by atoms with Crippen molar-refractivity contribution in [3.63, 3.8) is 0 Å². The summed E-state index contributed by atoms with van der Waals surface area (Å²) in [5, 5.41) is 21.7. The van der Waals surface area contributed by atoms with Crippen LogP contribution in [0.5, 0.6) is 0 Å². The summed E-state index contributed by atoms with van der Waals surface area (Å²) in [6.07, 6.45) is 0.609. The topological polar surface area (TPSA) is 116 Å². The van der Waals surface area contributed by atoms with Crippen LogP contribution in [0.15, 0.2) is 0 Å². The van der Waals surface area contributed by atoms with Crippen LogP contribution in [0.3, 0.4) is 0 Å². The lowest BCUT2D eigenvalue weighted by Crippen LogP contribution is -2.50. The van der Waals surface area contributed by atoms with E-state index in [0.29, 0.717) is 6.42 Å². The Hall–Kier alpha value is -1.63. The van der Waals surface area contributed by atoms with Gasteiger partial charge in [0.25, 0.3) is 0 Å². The van der Waals surface area contributed by atoms with Gasteiger partial charge < -0.3 is 20.8 Å². The SMILES string of the molecule is O=C1CC[C@@H](C(=O)N[C@H](CO)C(=O)O)N1. The zero-order valence-corrected chi connectivity index (χ0v) is 7.90. The zero-order valence-electron chi connectivity index (χ0n) is 7.90. The minimum atomic E-state index is -1.32. The number of carboxylic acid groups (broad SMARTS) is 1. The Morgan fingerprint density at radius 2 is 2.27 bits per heavy atom. The lowest BCUT2D eigenvalue weighted by molar-refractivity contribution is -0.143. The molecule has 7 heteroatoms. The van der Waals surface area contributed by atoms with Crippen molar-refractivity contribution in [1.82, 2.24) is 10.6 Å². The molecule has 0 aromatic carbocycles. The smallest absolute Gasteiger partial charge is 0.328 e. The molecule has 4 N–H and O–H groups in total. The number of carboxylic acids is 1. The number of aliphatic hydroxyl groups is 1. The molecule has 0 saturated carbocycles. The summed E-state index contributed by atoms with van der Waals surface area (Å²) in [5.74, 6) is -2.12. The standard InChI is InChI=1S/C8H12N2O5/c11-3-5(8(14)15)10-7(13)4-1-2-6(12)9-4/h4-5,11H,1-3H2,(H,9,12)(H,10,13)(H,14,15)/t4-,5+/m0/s1. The van der Waals surface area contributed by atoms with E-state index in [0.717, 1.165) is 0 Å². The molecular weight excluding hydrogens is 204 g/mol. The summed E-state index contributed by atoms with van der Waals surface area (Å²) in [7, 11) is 0. The lowest BCUT2D eigenvalue weighted by atomic mass is 10.2. The fraction of sp³-hybridized carbons (Fsp3) is 0.625. The first-order valence-corrected chi connectivity index (χ1v) is 4.48. The van der Waals surface area contributed by atoms with E-state index in [4.69, 9.17) is 10.2 Å². The van der Waals surface area contributed by atoms with Crippen LogP contribution in [0.2, 0.25) is 0 Å². The van der Waals surface area contributed by atoms with Gasteiger partial charge in [0.1, 0.15) is 12.1 Å². The molecule has 0 radical (unpaired) electrons. The van der Waals surface area contributed by atoms with E-state index in [1.807, 2.05) is 0 Å². The monoisotopic (exact) mass is 216 g/mol. The average molecular weight is 216 g/mol. The molecule has 1 heterocycles. The van der Waals surface area contributed by atoms with Crippen molar-refractivity contribution in [2.45, 2.75) is 24.9 Å². The van der Waals surface area contributed by atoms with E-state index in [1.54, 1.807) is 0 Å². The van der Waals surface area contributed by atoms with Crippen molar-refractivity contribution >= 4 is 17.8 Å². The van der Waals surface area contributed by atoms with Crippen LogP contribution in [-0.2, 0) is 14.4 Å². The third kappa shape index (κ3) is 2.91. The average Bonchev–Trinajstić information content (AvgIpc) is 2.60. The third-order valence-electron chi connectivity index (χ3n) is 2.11. The van der Waals surface area contributed by atoms with Crippen LogP contribution in [0.4, 0.5) is 0 Å². The molecule has 1 aliphatic rings. The van der Waals surface area contributed by atoms with E-state index in [1.165, 1.54) is 0 Å². The second-order valence-electron chi connectivity index (χ2n) is 3.24. The summed E-state index contributed by atoms with van der Waals surface area (Å²) in [4.78, 5) is 32.6. The van der Waals surface area contributed by atoms with Gasteiger partial charge in [0.05, 0.1) is 6.61 Å². The summed E-state index contributed by atoms with van der Waals surface area (Å²) in [6.45, 7) is -0.679. The molecule has 2 atom stereocenters. The summed E-state index contributed by atoms with van der Waals surface area (Å²) in [5.41, 5.74) is 0. The molecule has 0 aliphatic carbocycles. The van der Waals surface area contributed by atoms with Gasteiger partial charge in [0, 0.05) is 6.42 Å². The largest absolute Gasteiger partial charge is 0.480 e. The van der Waals surface area contributed by atoms with E-state index in [2.05, 4.69) is 10.6 Å². The van der Waals surface area contributed by atoms with Gasteiger partial charge in [-0.3, -0.25) is 9.59 Å². The molecule has 0 bridgehead atoms. The molecule has 15 heavy (non-hydrogen) atoms. The number of nitrogens with one attached hydrogen (secondary N) is 2. The van der Waals surface area contributed by atoms with Gasteiger partial charge in [0.15, 0.2) is 0 Å². The Bertz CT molecular complexity index is 291. The number of rotatable bonds is 4. The van der Waals surface area contributed by atoms with Crippen LogP contribution < -0.4 is 10.6 Å². The highest BCUT2D eigenvalue weighted by atomic mass is 16.4. The predicted octanol–water partition coefficient (Wildman–Crippen LogP) is -2.17. The Labute approximate surface area is 85.5 Å². The summed E-state index contributed by atoms with van der Waals surface area (Å²) in [6, 6.07) is -2.01. The molecular formula is C8H12N2O5. The van der Waals surface area contributed by atoms with Crippen LogP contribution >= 0.6 is 0 Å². The summed E-state index contributed by atoms with van der Waals surface area (Å²) >= 11 is 0. The maximum absolute atomic E-state index is 11.4. The minimum absolute atomic E-state index is 0.231. The van der Waals surface area contributed by atoms with Crippen molar-refractivity contribution in [2.75, 3.05) is 6.61 Å². The molecule has 7 nitrogen and oxygen atoms in total. The first-order valence-electron chi connectivity index (χ1n) is 4.48. The van der Waals surface area contributed by atoms with Gasteiger partial charge in [-0.2, -0.15) is 0 Å². The third-order valence-corrected chi connectivity index (χ3v) is 2.11. The number of hydrogen-bond acceptors (Lipinski definition) is 4. The van der Waals surface area contributed by atoms with E-state index < -0.39 is 30.6 Å². The van der Waals surface area contributed by atoms with Gasteiger partial charge in [0.2, 0.25) is 11.8 Å². The van der Waals surface area contributed by atoms with Crippen LogP contribution in [0.25, 0.3) is 0 Å². The quantitative estimate of drug-likeness (QED) is 0.426. The number of hydrogen-bond donors (Lipinski definition) is 4. The van der Waals surface area contributed by atoms with Gasteiger partial charge >= 0.3 is 5.97 Å². The molecule has 0 aromatic heterocycles. The Morgan fingerprint density at radius 3 is 2.67 bits per heavy atom. The maximum Gasteiger partial charge on any atom is 0.328 e. The van der Waals surface area contributed by atoms with Crippen molar-refractivity contribution in [2.24, 2.45) is 0 Å². The normalized spacial score (nSPS) is 21.9. The Kier molecular flexibility index (Phi) is 3.62. The highest BCUT2D eigenvalue weighted by Crippen LogP contribution is 2.06. The first kappa shape index (κ1) is 11.4. The van der Waals surface area contributed by atoms with Crippen LogP contribution in [-0.4, -0.2) is 46.7 Å². The van der Waals surface area contributed by atoms with Gasteiger partial charge in [-0.05, 0) is 6.42 Å². The van der Waals surface area contributed by atoms with Crippen molar-refractivity contribution in [3.8, 4) is 0 Å². The number of aliphatic carboxylic acids is 1. The highest BCUT2D eigenvalue weighted by molar-refractivity contribution is 5.92. The van der Waals surface area contributed by atoms with Crippen molar-refractivity contribution in [3.05, 3.63) is 0 Å². The van der Waals surface area contributed by atoms with E-state index in [9.17, 15) is 14.4 Å². The van der Waals surface area contributed by atoms with E-state index in [-0.39, 0.29) is 12.3 Å². The number of carbonyl (C=O) groups is 3. The van der Waals surface area contributed by atoms with Crippen LogP contribution in [0, 0.1) is 0 Å². The fourth-order valence-electron chi connectivity index (χ4n) is 1.27. The number of aliphatic hydroxyl groups excluding tert-OH is 1. The molecule has 0 spiro atoms. The van der Waals surface area contributed by atoms with Crippen molar-refractivity contribution < 1.29 is 24.6 Å². The minimum Gasteiger partial charge on any atom is -0.480 e. The number of amides is 2. The molecule has 1 aliphatic heterocycles. The first-order chi connectivity index (χ1) is 7.04. The van der Waals surface area contributed by atoms with Gasteiger partial charge in [-0.25, -0.2) is 4.79 Å². The van der Waals surface area contributed by atoms with E-state index >= 15 is 0 Å².